The van der Waals surface area contributed by atoms with E-state index in [0.29, 0.717) is 12.5 Å². The highest BCUT2D eigenvalue weighted by atomic mass is 16.5. The number of amides is 1. The van der Waals surface area contributed by atoms with E-state index >= 15 is 0 Å². The maximum absolute atomic E-state index is 13.2. The molecule has 2 fully saturated rings. The van der Waals surface area contributed by atoms with E-state index in [1.54, 1.807) is 12.5 Å². The van der Waals surface area contributed by atoms with Crippen molar-refractivity contribution in [3.63, 3.8) is 0 Å². The summed E-state index contributed by atoms with van der Waals surface area (Å²) in [5, 5.41) is 21.0. The van der Waals surface area contributed by atoms with Gasteiger partial charge in [0.2, 0.25) is 5.91 Å². The van der Waals surface area contributed by atoms with Gasteiger partial charge in [0.15, 0.2) is 0 Å². The molecule has 1 saturated heterocycles. The quantitative estimate of drug-likeness (QED) is 0.556. The smallest absolute Gasteiger partial charge is 0.290 e. The Bertz CT molecular complexity index is 839. The normalized spacial score (nSPS) is 20.2. The number of aromatic nitrogens is 3. The van der Waals surface area contributed by atoms with Crippen molar-refractivity contribution >= 4 is 18.9 Å². The molecule has 11 heteroatoms. The first kappa shape index (κ1) is 25.1. The lowest BCUT2D eigenvalue weighted by atomic mass is 9.87. The molecule has 2 aromatic rings. The van der Waals surface area contributed by atoms with Crippen LogP contribution in [0.15, 0.2) is 23.2 Å². The van der Waals surface area contributed by atoms with E-state index in [0.717, 1.165) is 49.5 Å². The monoisotopic (exact) mass is 449 g/mol. The topological polar surface area (TPSA) is 151 Å². The van der Waals surface area contributed by atoms with Gasteiger partial charge in [-0.1, -0.05) is 5.16 Å². The third kappa shape index (κ3) is 6.39. The molecular weight excluding hydrogens is 418 g/mol. The zero-order chi connectivity index (χ0) is 23.6. The summed E-state index contributed by atoms with van der Waals surface area (Å²) in [6.45, 7) is 6.61. The zero-order valence-electron chi connectivity index (χ0n) is 18.4. The Morgan fingerprint density at radius 1 is 1.31 bits per heavy atom. The number of nitrogens with zero attached hydrogens (tertiary/aromatic N) is 4. The molecule has 1 aliphatic heterocycles. The molecule has 0 aromatic carbocycles. The highest BCUT2D eigenvalue weighted by Crippen LogP contribution is 2.32. The second-order valence-corrected chi connectivity index (χ2v) is 7.98. The summed E-state index contributed by atoms with van der Waals surface area (Å²) in [6, 6.07) is 0. The van der Waals surface area contributed by atoms with Crippen molar-refractivity contribution in [2.24, 2.45) is 5.92 Å². The molecule has 1 saturated carbocycles. The highest BCUT2D eigenvalue weighted by Gasteiger charge is 2.44. The van der Waals surface area contributed by atoms with E-state index < -0.39 is 5.54 Å². The first-order valence-electron chi connectivity index (χ1n) is 10.5. The van der Waals surface area contributed by atoms with Gasteiger partial charge in [-0.25, -0.2) is 4.98 Å². The fourth-order valence-corrected chi connectivity index (χ4v) is 3.96. The minimum absolute atomic E-state index is 0.117. The molecule has 1 unspecified atom stereocenters. The molecular formula is C21H31N5O6. The van der Waals surface area contributed by atoms with Crippen LogP contribution in [0.1, 0.15) is 42.7 Å². The Labute approximate surface area is 186 Å². The van der Waals surface area contributed by atoms with Gasteiger partial charge >= 0.3 is 0 Å². The van der Waals surface area contributed by atoms with Crippen molar-refractivity contribution in [1.82, 2.24) is 24.9 Å². The van der Waals surface area contributed by atoms with E-state index in [4.69, 9.17) is 24.3 Å². The van der Waals surface area contributed by atoms with Crippen molar-refractivity contribution in [2.75, 3.05) is 19.6 Å². The summed E-state index contributed by atoms with van der Waals surface area (Å²) in [5.74, 6) is 1.64. The highest BCUT2D eigenvalue weighted by molar-refractivity contribution is 5.85. The summed E-state index contributed by atoms with van der Waals surface area (Å²) >= 11 is 0. The van der Waals surface area contributed by atoms with Crippen LogP contribution in [0.4, 0.5) is 0 Å². The second-order valence-electron chi connectivity index (χ2n) is 7.98. The first-order chi connectivity index (χ1) is 15.4. The van der Waals surface area contributed by atoms with Crippen LogP contribution in [0.25, 0.3) is 0 Å². The van der Waals surface area contributed by atoms with Gasteiger partial charge in [0.05, 0.1) is 12.0 Å². The van der Waals surface area contributed by atoms with Gasteiger partial charge in [-0.05, 0) is 52.0 Å². The Hall–Kier alpha value is -3.21. The van der Waals surface area contributed by atoms with E-state index in [-0.39, 0.29) is 18.9 Å². The summed E-state index contributed by atoms with van der Waals surface area (Å²) in [5.41, 5.74) is 1.46. The molecule has 176 valence electrons. The fraction of sp³-hybridized carbons (Fsp3) is 0.571. The van der Waals surface area contributed by atoms with Gasteiger partial charge in [-0.3, -0.25) is 19.3 Å². The number of hydrogen-bond donors (Lipinski definition) is 3. The standard InChI is InChI=1S/C19H27N5O2.2CH2O2/c1-14-17(15(2)26-22-14)11-23-8-3-6-19(12-23,24-9-7-20-13-24)18(25)21-10-16-4-5-16;2*2-1-3/h7,9,13,16H,3-6,8,10-12H2,1-2H3,(H,21,25);2*1H,(H,2,3). The minimum Gasteiger partial charge on any atom is -0.483 e. The van der Waals surface area contributed by atoms with Gasteiger partial charge in [0.25, 0.3) is 12.9 Å². The predicted octanol–water partition coefficient (Wildman–Crippen LogP) is 1.41. The molecule has 3 heterocycles. The molecule has 4 rings (SSSR count). The number of likely N-dealkylation sites (tertiary alicyclic amines) is 1. The number of carbonyl (C=O) groups is 3. The molecule has 2 aliphatic rings. The lowest BCUT2D eigenvalue weighted by molar-refractivity contribution is -0.133. The summed E-state index contributed by atoms with van der Waals surface area (Å²) < 4.78 is 7.30. The van der Waals surface area contributed by atoms with Crippen molar-refractivity contribution in [3.05, 3.63) is 35.7 Å². The van der Waals surface area contributed by atoms with Crippen LogP contribution < -0.4 is 5.32 Å². The lowest BCUT2D eigenvalue weighted by Gasteiger charge is -2.42. The first-order valence-corrected chi connectivity index (χ1v) is 10.5. The number of rotatable bonds is 6. The molecule has 0 radical (unpaired) electrons. The second kappa shape index (κ2) is 12.0. The molecule has 0 spiro atoms. The Morgan fingerprint density at radius 2 is 2.00 bits per heavy atom. The molecule has 1 aliphatic carbocycles. The average Bonchev–Trinajstić information content (AvgIpc) is 3.33. The Balaban J connectivity index is 0.000000547. The van der Waals surface area contributed by atoms with E-state index in [2.05, 4.69) is 20.4 Å². The average molecular weight is 450 g/mol. The summed E-state index contributed by atoms with van der Waals surface area (Å²) in [4.78, 5) is 36.5. The minimum atomic E-state index is -0.595. The van der Waals surface area contributed by atoms with Gasteiger partial charge in [-0.15, -0.1) is 0 Å². The fourth-order valence-electron chi connectivity index (χ4n) is 3.96. The number of hydrogen-bond acceptors (Lipinski definition) is 7. The number of carbonyl (C=O) groups excluding carboxylic acids is 1. The van der Waals surface area contributed by atoms with Gasteiger partial charge in [-0.2, -0.15) is 0 Å². The number of piperidine rings is 1. The van der Waals surface area contributed by atoms with Crippen LogP contribution in [0.2, 0.25) is 0 Å². The van der Waals surface area contributed by atoms with Crippen LogP contribution in [-0.2, 0) is 26.5 Å². The predicted molar refractivity (Wildman–Crippen MR) is 114 cm³/mol. The summed E-state index contributed by atoms with van der Waals surface area (Å²) in [7, 11) is 0. The van der Waals surface area contributed by atoms with Crippen molar-refractivity contribution in [2.45, 2.75) is 51.6 Å². The van der Waals surface area contributed by atoms with Crippen molar-refractivity contribution < 1.29 is 29.1 Å². The Morgan fingerprint density at radius 3 is 2.53 bits per heavy atom. The molecule has 32 heavy (non-hydrogen) atoms. The van der Waals surface area contributed by atoms with Crippen LogP contribution >= 0.6 is 0 Å². The molecule has 1 atom stereocenters. The third-order valence-electron chi connectivity index (χ3n) is 5.78. The van der Waals surface area contributed by atoms with Crippen LogP contribution in [0, 0.1) is 19.8 Å². The van der Waals surface area contributed by atoms with Crippen molar-refractivity contribution in [3.8, 4) is 0 Å². The van der Waals surface area contributed by atoms with E-state index in [9.17, 15) is 4.79 Å². The van der Waals surface area contributed by atoms with E-state index in [1.165, 1.54) is 12.8 Å². The number of nitrogens with one attached hydrogen (secondary N) is 1. The van der Waals surface area contributed by atoms with Crippen LogP contribution in [0.3, 0.4) is 0 Å². The largest absolute Gasteiger partial charge is 0.483 e. The zero-order valence-corrected chi connectivity index (χ0v) is 18.4. The van der Waals surface area contributed by atoms with Crippen LogP contribution in [-0.4, -0.2) is 68.3 Å². The van der Waals surface area contributed by atoms with Crippen LogP contribution in [0.5, 0.6) is 0 Å². The van der Waals surface area contributed by atoms with Crippen molar-refractivity contribution in [1.29, 1.82) is 0 Å². The van der Waals surface area contributed by atoms with Gasteiger partial charge < -0.3 is 24.6 Å². The lowest BCUT2D eigenvalue weighted by Crippen LogP contribution is -2.58. The SMILES string of the molecule is Cc1noc(C)c1CN1CCCC(C(=O)NCC2CC2)(n2ccnc2)C1.O=CO.O=CO. The Kier molecular flexibility index (Phi) is 9.39. The number of aryl methyl sites for hydroxylation is 2. The molecule has 1 amide bonds. The summed E-state index contributed by atoms with van der Waals surface area (Å²) in [6.07, 6.45) is 9.71. The molecule has 11 nitrogen and oxygen atoms in total. The van der Waals surface area contributed by atoms with Gasteiger partial charge in [0, 0.05) is 37.6 Å². The molecule has 2 aromatic heterocycles. The third-order valence-corrected chi connectivity index (χ3v) is 5.78. The van der Waals surface area contributed by atoms with E-state index in [1.807, 2.05) is 24.6 Å². The number of imidazole rings is 1. The maximum Gasteiger partial charge on any atom is 0.290 e. The molecule has 0 bridgehead atoms. The van der Waals surface area contributed by atoms with Gasteiger partial charge in [0.1, 0.15) is 11.3 Å². The maximum atomic E-state index is 13.2. The molecule has 3 N–H and O–H groups in total. The number of carboxylic acid groups (broad SMARTS) is 2.